The van der Waals surface area contributed by atoms with E-state index in [4.69, 9.17) is 4.74 Å². The molecular weight excluding hydrogens is 528 g/mol. The lowest BCUT2D eigenvalue weighted by molar-refractivity contribution is -0.936. The van der Waals surface area contributed by atoms with Crippen LogP contribution in [-0.4, -0.2) is 4.57 Å². The Balaban J connectivity index is 1.46. The number of fused-ring (bicyclic) bond motifs is 8. The third-order valence-corrected chi connectivity index (χ3v) is 10.9. The molecule has 200 valence electrons. The molecule has 7 aromatic rings. The van der Waals surface area contributed by atoms with Gasteiger partial charge in [-0.15, -0.1) is 9.13 Å². The van der Waals surface area contributed by atoms with E-state index in [9.17, 15) is 0 Å². The van der Waals surface area contributed by atoms with Gasteiger partial charge in [-0.3, -0.25) is 0 Å². The Hall–Kier alpha value is -5.42. The standard InChI is InChI=1S/C38H24N4O/c1-37(2)23-11-4-6-13-26(23)40-31-18-8-14-27-28-15-9-19-32-42(28)38(41(27)31)33-29(16-7-17-30(33)43-32)39-25-12-5-3-10-21(25)22-20-24(37)36(40)34(38)35(22)39/h3-20H,1-2H3/q+2. The smallest absolute Gasteiger partial charge is 0.378 e. The van der Waals surface area contributed by atoms with Crippen molar-refractivity contribution < 1.29 is 13.9 Å². The Bertz CT molecular complexity index is 2540. The zero-order valence-electron chi connectivity index (χ0n) is 23.6. The molecular formula is C38H24N4O+2. The first kappa shape index (κ1) is 21.3. The van der Waals surface area contributed by atoms with Crippen LogP contribution in [0.3, 0.4) is 0 Å². The van der Waals surface area contributed by atoms with Gasteiger partial charge in [0.25, 0.3) is 11.5 Å². The van der Waals surface area contributed by atoms with E-state index in [1.54, 1.807) is 0 Å². The predicted molar refractivity (Wildman–Crippen MR) is 165 cm³/mol. The summed E-state index contributed by atoms with van der Waals surface area (Å²) >= 11 is 0. The fourth-order valence-electron chi connectivity index (χ4n) is 9.35. The van der Waals surface area contributed by atoms with Gasteiger partial charge in [0.05, 0.1) is 22.8 Å². The highest BCUT2D eigenvalue weighted by Gasteiger charge is 2.73. The van der Waals surface area contributed by atoms with Crippen LogP contribution in [0.25, 0.3) is 38.9 Å². The van der Waals surface area contributed by atoms with Crippen LogP contribution >= 0.6 is 0 Å². The molecule has 1 unspecified atom stereocenters. The predicted octanol–water partition coefficient (Wildman–Crippen LogP) is 7.48. The molecule has 43 heavy (non-hydrogen) atoms. The van der Waals surface area contributed by atoms with Crippen molar-refractivity contribution in [2.45, 2.75) is 24.9 Å². The molecule has 0 bridgehead atoms. The molecule has 0 fully saturated rings. The van der Waals surface area contributed by atoms with E-state index in [1.807, 2.05) is 0 Å². The highest BCUT2D eigenvalue weighted by atomic mass is 16.5. The van der Waals surface area contributed by atoms with Gasteiger partial charge in [0.2, 0.25) is 5.69 Å². The van der Waals surface area contributed by atoms with E-state index in [-0.39, 0.29) is 5.41 Å². The van der Waals surface area contributed by atoms with Crippen LogP contribution in [0, 0.1) is 0 Å². The Morgan fingerprint density at radius 3 is 2.35 bits per heavy atom. The van der Waals surface area contributed by atoms with Gasteiger partial charge in [-0.25, -0.2) is 0 Å². The van der Waals surface area contributed by atoms with Crippen molar-refractivity contribution in [3.8, 4) is 28.7 Å². The maximum absolute atomic E-state index is 6.82. The minimum absolute atomic E-state index is 0.205. The summed E-state index contributed by atoms with van der Waals surface area (Å²) in [7, 11) is 0. The van der Waals surface area contributed by atoms with Gasteiger partial charge in [0, 0.05) is 39.4 Å². The van der Waals surface area contributed by atoms with Gasteiger partial charge in [-0.05, 0) is 48.5 Å². The average Bonchev–Trinajstić information content (AvgIpc) is 3.53. The van der Waals surface area contributed by atoms with Crippen molar-refractivity contribution in [3.05, 3.63) is 131 Å². The number of nitrogens with zero attached hydrogens (tertiary/aromatic N) is 4. The molecule has 8 heterocycles. The second kappa shape index (κ2) is 6.32. The molecule has 12 rings (SSSR count). The maximum atomic E-state index is 6.82. The number of hydrogen-bond acceptors (Lipinski definition) is 2. The van der Waals surface area contributed by atoms with Crippen molar-refractivity contribution in [1.29, 1.82) is 0 Å². The number of ether oxygens (including phenoxy) is 1. The van der Waals surface area contributed by atoms with Crippen LogP contribution in [0.2, 0.25) is 0 Å². The van der Waals surface area contributed by atoms with Crippen molar-refractivity contribution in [1.82, 2.24) is 4.57 Å². The van der Waals surface area contributed by atoms with Crippen molar-refractivity contribution in [2.75, 3.05) is 4.90 Å². The maximum Gasteiger partial charge on any atom is 0.378 e. The fourth-order valence-corrected chi connectivity index (χ4v) is 9.35. The zero-order valence-corrected chi connectivity index (χ0v) is 23.6. The quantitative estimate of drug-likeness (QED) is 0.182. The van der Waals surface area contributed by atoms with E-state index in [0.29, 0.717) is 0 Å². The fraction of sp³-hybridized carbons (Fsp3) is 0.105. The number of benzene rings is 4. The summed E-state index contributed by atoms with van der Waals surface area (Å²) in [5.74, 6) is 2.97. The largest absolute Gasteiger partial charge is 0.404 e. The summed E-state index contributed by atoms with van der Waals surface area (Å²) in [6.45, 7) is 4.80. The first-order chi connectivity index (χ1) is 21.1. The number of aromatic nitrogens is 3. The molecule has 0 aliphatic carbocycles. The van der Waals surface area contributed by atoms with E-state index in [0.717, 1.165) is 11.6 Å². The first-order valence-electron chi connectivity index (χ1n) is 15.1. The van der Waals surface area contributed by atoms with Gasteiger partial charge in [-0.2, -0.15) is 4.90 Å². The van der Waals surface area contributed by atoms with Gasteiger partial charge in [-0.1, -0.05) is 56.3 Å². The van der Waals surface area contributed by atoms with Crippen LogP contribution < -0.4 is 18.8 Å². The molecule has 0 amide bonds. The number of hydrogen-bond donors (Lipinski definition) is 0. The Labute approximate surface area is 247 Å². The van der Waals surface area contributed by atoms with Gasteiger partial charge in [0.15, 0.2) is 11.4 Å². The normalized spacial score (nSPS) is 19.3. The molecule has 5 nitrogen and oxygen atoms in total. The molecule has 3 aromatic heterocycles. The van der Waals surface area contributed by atoms with Gasteiger partial charge < -0.3 is 9.30 Å². The van der Waals surface area contributed by atoms with Crippen LogP contribution in [0.4, 0.5) is 17.2 Å². The Kier molecular flexibility index (Phi) is 3.13. The summed E-state index contributed by atoms with van der Waals surface area (Å²) in [6, 6.07) is 40.3. The first-order valence-corrected chi connectivity index (χ1v) is 15.1. The molecule has 0 saturated carbocycles. The lowest BCUT2D eigenvalue weighted by Gasteiger charge is -2.45. The molecule has 0 radical (unpaired) electrons. The topological polar surface area (TPSA) is 25.2 Å². The summed E-state index contributed by atoms with van der Waals surface area (Å²) in [5, 5.41) is 2.59. The Morgan fingerprint density at radius 1 is 0.651 bits per heavy atom. The molecule has 0 N–H and O–H groups in total. The van der Waals surface area contributed by atoms with Crippen molar-refractivity contribution in [2.24, 2.45) is 0 Å². The monoisotopic (exact) mass is 552 g/mol. The number of anilines is 3. The lowest BCUT2D eigenvalue weighted by atomic mass is 9.69. The molecule has 4 aromatic carbocycles. The molecule has 1 atom stereocenters. The third-order valence-electron chi connectivity index (χ3n) is 10.9. The van der Waals surface area contributed by atoms with E-state index in [1.165, 1.54) is 78.3 Å². The van der Waals surface area contributed by atoms with Crippen LogP contribution in [-0.2, 0) is 11.1 Å². The zero-order chi connectivity index (χ0) is 28.0. The summed E-state index contributed by atoms with van der Waals surface area (Å²) in [4.78, 5) is 2.55. The van der Waals surface area contributed by atoms with Crippen LogP contribution in [0.1, 0.15) is 36.1 Å². The second-order valence-electron chi connectivity index (χ2n) is 13.0. The average molecular weight is 553 g/mol. The van der Waals surface area contributed by atoms with E-state index in [2.05, 4.69) is 142 Å². The summed E-state index contributed by atoms with van der Waals surface area (Å²) in [6.07, 6.45) is 0. The molecule has 5 heteroatoms. The van der Waals surface area contributed by atoms with Gasteiger partial charge >= 0.3 is 11.5 Å². The summed E-state index contributed by atoms with van der Waals surface area (Å²) in [5.41, 5.74) is 13.0. The minimum atomic E-state index is -0.630. The van der Waals surface area contributed by atoms with Crippen LogP contribution in [0.5, 0.6) is 11.6 Å². The highest BCUT2D eigenvalue weighted by Crippen LogP contribution is 2.63. The lowest BCUT2D eigenvalue weighted by Crippen LogP contribution is -2.75. The van der Waals surface area contributed by atoms with Crippen molar-refractivity contribution in [3.63, 3.8) is 0 Å². The number of pyridine rings is 2. The number of rotatable bonds is 0. The second-order valence-corrected chi connectivity index (χ2v) is 13.0. The molecule has 1 spiro atoms. The molecule has 5 aliphatic heterocycles. The van der Waals surface area contributed by atoms with E-state index < -0.39 is 5.66 Å². The third kappa shape index (κ3) is 1.93. The molecule has 0 saturated heterocycles. The molecule has 5 aliphatic rings. The van der Waals surface area contributed by atoms with Crippen LogP contribution in [0.15, 0.2) is 109 Å². The Morgan fingerprint density at radius 2 is 1.42 bits per heavy atom. The van der Waals surface area contributed by atoms with Gasteiger partial charge in [0.1, 0.15) is 16.8 Å². The SMILES string of the molecule is CC1(C)c2ccccc2N2c3c1cc1c4ccccc4n4c1c3C13c5c(cccc5-4)Oc4cccc([n+]41)-c1cccc2[n+]13. The van der Waals surface area contributed by atoms with Crippen molar-refractivity contribution >= 4 is 39.0 Å². The minimum Gasteiger partial charge on any atom is -0.404 e. The van der Waals surface area contributed by atoms with E-state index >= 15 is 0 Å². The summed E-state index contributed by atoms with van der Waals surface area (Å²) < 4.78 is 14.4. The number of para-hydroxylation sites is 2. The highest BCUT2D eigenvalue weighted by molar-refractivity contribution is 6.14.